The van der Waals surface area contributed by atoms with Crippen LogP contribution in [0.3, 0.4) is 0 Å². The minimum absolute atomic E-state index is 0.567. The standard InChI is InChI=1S/C9H10BrN3/c10-9-6-2-1-4-8(9)5-3-7-12-13-11/h1-2,4,6H,3,5,7H2. The molecule has 0 amide bonds. The molecule has 13 heavy (non-hydrogen) atoms. The van der Waals surface area contributed by atoms with Crippen molar-refractivity contribution in [3.05, 3.63) is 44.7 Å². The minimum Gasteiger partial charge on any atom is -0.0940 e. The second-order valence-electron chi connectivity index (χ2n) is 2.65. The summed E-state index contributed by atoms with van der Waals surface area (Å²) >= 11 is 3.46. The van der Waals surface area contributed by atoms with Gasteiger partial charge in [0.1, 0.15) is 0 Å². The zero-order chi connectivity index (χ0) is 9.52. The lowest BCUT2D eigenvalue weighted by molar-refractivity contribution is 0.824. The summed E-state index contributed by atoms with van der Waals surface area (Å²) in [6.07, 6.45) is 1.84. The van der Waals surface area contributed by atoms with Crippen molar-refractivity contribution in [3.63, 3.8) is 0 Å². The smallest absolute Gasteiger partial charge is 0.0261 e. The van der Waals surface area contributed by atoms with Crippen LogP contribution in [-0.2, 0) is 6.42 Å². The first-order valence-electron chi connectivity index (χ1n) is 4.09. The molecule has 0 aliphatic heterocycles. The zero-order valence-corrected chi connectivity index (χ0v) is 8.74. The Morgan fingerprint density at radius 1 is 1.38 bits per heavy atom. The molecule has 0 unspecified atom stereocenters. The van der Waals surface area contributed by atoms with E-state index in [2.05, 4.69) is 32.0 Å². The van der Waals surface area contributed by atoms with E-state index in [-0.39, 0.29) is 0 Å². The number of rotatable bonds is 4. The highest BCUT2D eigenvalue weighted by molar-refractivity contribution is 9.10. The third-order valence-electron chi connectivity index (χ3n) is 1.73. The topological polar surface area (TPSA) is 48.8 Å². The van der Waals surface area contributed by atoms with Crippen LogP contribution in [-0.4, -0.2) is 6.54 Å². The van der Waals surface area contributed by atoms with E-state index in [0.717, 1.165) is 17.3 Å². The van der Waals surface area contributed by atoms with E-state index in [1.807, 2.05) is 18.2 Å². The van der Waals surface area contributed by atoms with Crippen molar-refractivity contribution in [2.24, 2.45) is 5.11 Å². The molecule has 0 radical (unpaired) electrons. The Labute approximate surface area is 85.5 Å². The maximum absolute atomic E-state index is 8.07. The maximum Gasteiger partial charge on any atom is 0.0261 e. The number of aryl methyl sites for hydroxylation is 1. The van der Waals surface area contributed by atoms with Crippen molar-refractivity contribution in [1.82, 2.24) is 0 Å². The lowest BCUT2D eigenvalue weighted by Gasteiger charge is -2.01. The van der Waals surface area contributed by atoms with E-state index in [1.165, 1.54) is 5.56 Å². The van der Waals surface area contributed by atoms with Crippen LogP contribution < -0.4 is 0 Å². The normalized spacial score (nSPS) is 9.31. The molecule has 0 saturated heterocycles. The van der Waals surface area contributed by atoms with Crippen LogP contribution >= 0.6 is 15.9 Å². The first-order chi connectivity index (χ1) is 6.34. The number of hydrogen-bond donors (Lipinski definition) is 0. The van der Waals surface area contributed by atoms with Crippen LogP contribution in [0.1, 0.15) is 12.0 Å². The highest BCUT2D eigenvalue weighted by Crippen LogP contribution is 2.17. The molecule has 0 N–H and O–H groups in total. The molecule has 1 aromatic carbocycles. The van der Waals surface area contributed by atoms with E-state index >= 15 is 0 Å². The van der Waals surface area contributed by atoms with E-state index < -0.39 is 0 Å². The molecule has 1 aromatic rings. The van der Waals surface area contributed by atoms with Gasteiger partial charge in [0.25, 0.3) is 0 Å². The largest absolute Gasteiger partial charge is 0.0940 e. The molecule has 1 rings (SSSR count). The molecule has 3 nitrogen and oxygen atoms in total. The Kier molecular flexibility index (Phi) is 4.36. The van der Waals surface area contributed by atoms with Gasteiger partial charge < -0.3 is 0 Å². The lowest BCUT2D eigenvalue weighted by atomic mass is 10.1. The summed E-state index contributed by atoms with van der Waals surface area (Å²) in [5.41, 5.74) is 9.33. The quantitative estimate of drug-likeness (QED) is 0.333. The van der Waals surface area contributed by atoms with Gasteiger partial charge in [-0.1, -0.05) is 39.2 Å². The van der Waals surface area contributed by atoms with E-state index in [4.69, 9.17) is 5.53 Å². The predicted molar refractivity (Wildman–Crippen MR) is 56.5 cm³/mol. The molecule has 0 spiro atoms. The Morgan fingerprint density at radius 3 is 2.85 bits per heavy atom. The predicted octanol–water partition coefficient (Wildman–Crippen LogP) is 3.69. The van der Waals surface area contributed by atoms with Gasteiger partial charge in [0.05, 0.1) is 0 Å². The fourth-order valence-electron chi connectivity index (χ4n) is 1.09. The van der Waals surface area contributed by atoms with E-state index in [9.17, 15) is 0 Å². The average molecular weight is 240 g/mol. The van der Waals surface area contributed by atoms with Crippen molar-refractivity contribution in [3.8, 4) is 0 Å². The van der Waals surface area contributed by atoms with Crippen LogP contribution in [0.15, 0.2) is 33.9 Å². The van der Waals surface area contributed by atoms with Gasteiger partial charge in [0, 0.05) is 15.9 Å². The zero-order valence-electron chi connectivity index (χ0n) is 7.15. The van der Waals surface area contributed by atoms with Gasteiger partial charge in [-0.15, -0.1) is 0 Å². The third kappa shape index (κ3) is 3.49. The van der Waals surface area contributed by atoms with Crippen molar-refractivity contribution in [1.29, 1.82) is 0 Å². The lowest BCUT2D eigenvalue weighted by Crippen LogP contribution is -1.88. The molecule has 0 heterocycles. The summed E-state index contributed by atoms with van der Waals surface area (Å²) in [6, 6.07) is 8.08. The molecule has 0 fully saturated rings. The van der Waals surface area contributed by atoms with Crippen LogP contribution in [0.5, 0.6) is 0 Å². The van der Waals surface area contributed by atoms with E-state index in [0.29, 0.717) is 6.54 Å². The summed E-state index contributed by atoms with van der Waals surface area (Å²) in [5, 5.41) is 3.48. The first-order valence-corrected chi connectivity index (χ1v) is 4.88. The third-order valence-corrected chi connectivity index (χ3v) is 2.50. The summed E-state index contributed by atoms with van der Waals surface area (Å²) < 4.78 is 1.12. The van der Waals surface area contributed by atoms with Gasteiger partial charge in [-0.2, -0.15) is 0 Å². The van der Waals surface area contributed by atoms with Gasteiger partial charge in [0.15, 0.2) is 0 Å². The van der Waals surface area contributed by atoms with Crippen molar-refractivity contribution in [2.45, 2.75) is 12.8 Å². The van der Waals surface area contributed by atoms with Gasteiger partial charge >= 0.3 is 0 Å². The van der Waals surface area contributed by atoms with E-state index in [1.54, 1.807) is 0 Å². The van der Waals surface area contributed by atoms with Crippen molar-refractivity contribution in [2.75, 3.05) is 6.54 Å². The van der Waals surface area contributed by atoms with Gasteiger partial charge in [0.2, 0.25) is 0 Å². The van der Waals surface area contributed by atoms with Crippen LogP contribution in [0.2, 0.25) is 0 Å². The summed E-state index contributed by atoms with van der Waals surface area (Å²) in [7, 11) is 0. The molecule has 0 aromatic heterocycles. The molecule has 0 saturated carbocycles. The summed E-state index contributed by atoms with van der Waals surface area (Å²) in [6.45, 7) is 0.567. The number of azide groups is 1. The molecular weight excluding hydrogens is 230 g/mol. The Bertz CT molecular complexity index is 318. The van der Waals surface area contributed by atoms with Gasteiger partial charge in [-0.3, -0.25) is 0 Å². The monoisotopic (exact) mass is 239 g/mol. The Balaban J connectivity index is 2.45. The molecule has 0 aliphatic rings. The summed E-state index contributed by atoms with van der Waals surface area (Å²) in [5.74, 6) is 0. The molecule has 0 atom stereocenters. The second-order valence-corrected chi connectivity index (χ2v) is 3.50. The van der Waals surface area contributed by atoms with Gasteiger partial charge in [-0.05, 0) is 30.0 Å². The number of benzene rings is 1. The Morgan fingerprint density at radius 2 is 2.15 bits per heavy atom. The van der Waals surface area contributed by atoms with Crippen LogP contribution in [0, 0.1) is 0 Å². The summed E-state index contributed by atoms with van der Waals surface area (Å²) in [4.78, 5) is 2.70. The fourth-order valence-corrected chi connectivity index (χ4v) is 1.57. The highest BCUT2D eigenvalue weighted by atomic mass is 79.9. The second kappa shape index (κ2) is 5.62. The minimum atomic E-state index is 0.567. The maximum atomic E-state index is 8.07. The number of nitrogens with zero attached hydrogens (tertiary/aromatic N) is 3. The molecular formula is C9H10BrN3. The SMILES string of the molecule is [N-]=[N+]=NCCCc1ccccc1Br. The highest BCUT2D eigenvalue weighted by Gasteiger charge is 1.96. The number of halogens is 1. The molecule has 0 aliphatic carbocycles. The molecule has 0 bridgehead atoms. The van der Waals surface area contributed by atoms with Crippen LogP contribution in [0.4, 0.5) is 0 Å². The molecule has 68 valence electrons. The first kappa shape index (κ1) is 10.1. The number of hydrogen-bond acceptors (Lipinski definition) is 1. The average Bonchev–Trinajstić information content (AvgIpc) is 2.15. The van der Waals surface area contributed by atoms with Crippen molar-refractivity contribution < 1.29 is 0 Å². The van der Waals surface area contributed by atoms with Gasteiger partial charge in [-0.25, -0.2) is 0 Å². The molecule has 4 heteroatoms. The van der Waals surface area contributed by atoms with Crippen LogP contribution in [0.25, 0.3) is 10.4 Å². The Hall–Kier alpha value is -0.990. The fraction of sp³-hybridized carbons (Fsp3) is 0.333. The van der Waals surface area contributed by atoms with Crippen molar-refractivity contribution >= 4 is 15.9 Å².